The lowest BCUT2D eigenvalue weighted by molar-refractivity contribution is 0.0151. The fraction of sp³-hybridized carbons (Fsp3) is 0.655. The van der Waals surface area contributed by atoms with Crippen LogP contribution in [0.15, 0.2) is 36.8 Å². The van der Waals surface area contributed by atoms with Gasteiger partial charge in [0.2, 0.25) is 0 Å². The monoisotopic (exact) mass is 509 g/mol. The van der Waals surface area contributed by atoms with E-state index in [1.165, 1.54) is 75.5 Å². The molecule has 1 aliphatic heterocycles. The molecule has 1 saturated heterocycles. The predicted molar refractivity (Wildman–Crippen MR) is 150 cm³/mol. The van der Waals surface area contributed by atoms with Crippen molar-refractivity contribution in [3.8, 4) is 0 Å². The number of carbonyl (C=O) groups is 1. The quantitative estimate of drug-likeness (QED) is 0.290. The first kappa shape index (κ1) is 27.6. The Morgan fingerprint density at radius 3 is 2.32 bits per heavy atom. The number of urea groups is 1. The van der Waals surface area contributed by atoms with Gasteiger partial charge in [0.25, 0.3) is 0 Å². The van der Waals surface area contributed by atoms with Gasteiger partial charge in [-0.3, -0.25) is 10.6 Å². The molecule has 4 rings (SSSR count). The number of rotatable bonds is 7. The molecule has 1 aromatic heterocycles. The summed E-state index contributed by atoms with van der Waals surface area (Å²) < 4.78 is 0. The zero-order valence-electron chi connectivity index (χ0n) is 22.7. The molecular formula is C29H47N7O. The van der Waals surface area contributed by atoms with E-state index < -0.39 is 0 Å². The fourth-order valence-corrected chi connectivity index (χ4v) is 6.09. The molecule has 2 heterocycles. The smallest absolute Gasteiger partial charge is 0.321 e. The van der Waals surface area contributed by atoms with Gasteiger partial charge in [0.05, 0.1) is 12.5 Å². The van der Waals surface area contributed by atoms with Crippen molar-refractivity contribution in [2.45, 2.75) is 109 Å². The Kier molecular flexibility index (Phi) is 10.4. The predicted octanol–water partition coefficient (Wildman–Crippen LogP) is 5.15. The first-order valence-corrected chi connectivity index (χ1v) is 14.4. The minimum absolute atomic E-state index is 0.101. The van der Waals surface area contributed by atoms with Crippen LogP contribution >= 0.6 is 0 Å². The topological polar surface area (TPSA) is 106 Å². The molecule has 0 bridgehead atoms. The number of anilines is 1. The maximum atomic E-state index is 12.8. The lowest BCUT2D eigenvalue weighted by Crippen LogP contribution is -2.75. The summed E-state index contributed by atoms with van der Waals surface area (Å²) in [6.07, 6.45) is 18.4. The number of benzene rings is 1. The average molecular weight is 510 g/mol. The van der Waals surface area contributed by atoms with Crippen molar-refractivity contribution in [3.05, 3.63) is 48.0 Å². The number of hydrogen-bond donors (Lipinski definition) is 6. The summed E-state index contributed by atoms with van der Waals surface area (Å²) in [6.45, 7) is 5.26. The fourth-order valence-electron chi connectivity index (χ4n) is 6.09. The summed E-state index contributed by atoms with van der Waals surface area (Å²) in [6, 6.07) is 7.93. The lowest BCUT2D eigenvalue weighted by Gasteiger charge is -2.53. The molecule has 8 nitrogen and oxygen atoms in total. The molecule has 204 valence electrons. The molecule has 2 fully saturated rings. The molecule has 3 unspecified atom stereocenters. The van der Waals surface area contributed by atoms with Crippen molar-refractivity contribution in [1.29, 1.82) is 0 Å². The van der Waals surface area contributed by atoms with Crippen LogP contribution in [0.1, 0.15) is 88.8 Å². The number of nitrogens with one attached hydrogen (secondary N) is 6. The van der Waals surface area contributed by atoms with Crippen LogP contribution < -0.4 is 26.6 Å². The van der Waals surface area contributed by atoms with E-state index in [1.54, 1.807) is 6.33 Å². The van der Waals surface area contributed by atoms with E-state index in [-0.39, 0.29) is 29.9 Å². The molecule has 0 radical (unpaired) electrons. The van der Waals surface area contributed by atoms with Gasteiger partial charge in [-0.1, -0.05) is 69.1 Å². The Morgan fingerprint density at radius 1 is 1.00 bits per heavy atom. The second-order valence-corrected chi connectivity index (χ2v) is 11.1. The first-order valence-electron chi connectivity index (χ1n) is 14.4. The van der Waals surface area contributed by atoms with E-state index in [1.807, 2.05) is 37.4 Å². The number of carbonyl (C=O) groups excluding carboxylic acids is 1. The summed E-state index contributed by atoms with van der Waals surface area (Å²) in [7, 11) is 0. The van der Waals surface area contributed by atoms with Gasteiger partial charge in [-0.2, -0.15) is 0 Å². The number of aromatic amines is 1. The normalized spacial score (nSPS) is 24.8. The van der Waals surface area contributed by atoms with Crippen LogP contribution in [-0.2, 0) is 6.42 Å². The summed E-state index contributed by atoms with van der Waals surface area (Å²) >= 11 is 0. The third-order valence-electron chi connectivity index (χ3n) is 8.33. The van der Waals surface area contributed by atoms with Gasteiger partial charge in [0.1, 0.15) is 6.29 Å². The molecule has 3 atom stereocenters. The number of H-pyrrole nitrogens is 1. The van der Waals surface area contributed by atoms with Crippen LogP contribution in [-0.4, -0.2) is 41.0 Å². The van der Waals surface area contributed by atoms with Crippen molar-refractivity contribution in [3.63, 3.8) is 0 Å². The Balaban J connectivity index is 1.42. The molecule has 1 aromatic carbocycles. The van der Waals surface area contributed by atoms with Crippen LogP contribution in [0.25, 0.3) is 0 Å². The van der Waals surface area contributed by atoms with Crippen molar-refractivity contribution < 1.29 is 4.79 Å². The number of nitrogens with zero attached hydrogens (tertiary/aromatic N) is 1. The van der Waals surface area contributed by atoms with E-state index in [4.69, 9.17) is 0 Å². The van der Waals surface area contributed by atoms with Gasteiger partial charge in [-0.15, -0.1) is 0 Å². The molecular weight excluding hydrogens is 462 g/mol. The van der Waals surface area contributed by atoms with Crippen LogP contribution in [0, 0.1) is 12.3 Å². The van der Waals surface area contributed by atoms with Crippen LogP contribution in [0.4, 0.5) is 10.5 Å². The van der Waals surface area contributed by atoms with Gasteiger partial charge < -0.3 is 20.9 Å². The van der Waals surface area contributed by atoms with Crippen molar-refractivity contribution in [2.75, 3.05) is 11.9 Å². The summed E-state index contributed by atoms with van der Waals surface area (Å²) in [5, 5.41) is 17.4. The number of hydrogen-bond acceptors (Lipinski definition) is 5. The Labute approximate surface area is 222 Å². The third-order valence-corrected chi connectivity index (χ3v) is 8.33. The van der Waals surface area contributed by atoms with E-state index in [0.29, 0.717) is 0 Å². The van der Waals surface area contributed by atoms with E-state index >= 15 is 0 Å². The molecule has 2 aliphatic rings. The third kappa shape index (κ3) is 8.03. The summed E-state index contributed by atoms with van der Waals surface area (Å²) in [5.74, 6) is 0. The van der Waals surface area contributed by atoms with E-state index in [9.17, 15) is 4.79 Å². The maximum Gasteiger partial charge on any atom is 0.321 e. The van der Waals surface area contributed by atoms with Crippen molar-refractivity contribution >= 4 is 11.7 Å². The minimum Gasteiger partial charge on any atom is -0.348 e. The second kappa shape index (κ2) is 13.9. The molecule has 2 aromatic rings. The molecule has 6 N–H and O–H groups in total. The standard InChI is InChI=1S/C29H47N7O/c1-22-13-15-24(16-14-22)34-28(37)36-27-33-23(2)29(17-9-7-5-3-4-6-8-10-18-29)26(35-27)31-19-11-12-25-20-30-21-32-25/h13-16,20-21,23,26-27,31,33,35H,3-12,17-19H2,1-2H3,(H,30,32)(H2,34,36,37). The zero-order valence-corrected chi connectivity index (χ0v) is 22.7. The SMILES string of the molecule is Cc1ccc(NC(=O)NC2NC(C)C3(CCCCCCCCCC3)C(NCCCc3cnc[nH]3)N2)cc1. The number of aryl methyl sites for hydroxylation is 2. The molecule has 1 saturated carbocycles. The summed E-state index contributed by atoms with van der Waals surface area (Å²) in [4.78, 5) is 20.2. The van der Waals surface area contributed by atoms with Gasteiger partial charge in [0.15, 0.2) is 0 Å². The Morgan fingerprint density at radius 2 is 1.68 bits per heavy atom. The highest BCUT2D eigenvalue weighted by atomic mass is 16.2. The lowest BCUT2D eigenvalue weighted by atomic mass is 9.69. The zero-order chi connectivity index (χ0) is 25.9. The minimum atomic E-state index is -0.311. The molecule has 1 spiro atoms. The Bertz CT molecular complexity index is 918. The highest BCUT2D eigenvalue weighted by molar-refractivity contribution is 5.89. The summed E-state index contributed by atoms with van der Waals surface area (Å²) in [5.41, 5.74) is 3.23. The largest absolute Gasteiger partial charge is 0.348 e. The maximum absolute atomic E-state index is 12.8. The molecule has 1 aliphatic carbocycles. The highest BCUT2D eigenvalue weighted by Gasteiger charge is 2.47. The van der Waals surface area contributed by atoms with Crippen molar-refractivity contribution in [1.82, 2.24) is 31.2 Å². The van der Waals surface area contributed by atoms with Gasteiger partial charge in [0, 0.05) is 29.0 Å². The van der Waals surface area contributed by atoms with E-state index in [2.05, 4.69) is 43.5 Å². The van der Waals surface area contributed by atoms with Gasteiger partial charge >= 0.3 is 6.03 Å². The number of aromatic nitrogens is 2. The van der Waals surface area contributed by atoms with Crippen LogP contribution in [0.2, 0.25) is 0 Å². The molecule has 8 heteroatoms. The molecule has 37 heavy (non-hydrogen) atoms. The second-order valence-electron chi connectivity index (χ2n) is 11.1. The molecule has 2 amide bonds. The first-order chi connectivity index (χ1) is 18.0. The van der Waals surface area contributed by atoms with Crippen LogP contribution in [0.3, 0.4) is 0 Å². The number of imidazole rings is 1. The highest BCUT2D eigenvalue weighted by Crippen LogP contribution is 2.40. The Hall–Kier alpha value is -2.42. The van der Waals surface area contributed by atoms with Crippen molar-refractivity contribution in [2.24, 2.45) is 5.41 Å². The van der Waals surface area contributed by atoms with Gasteiger partial charge in [-0.25, -0.2) is 9.78 Å². The van der Waals surface area contributed by atoms with E-state index in [0.717, 1.165) is 25.1 Å². The number of amides is 2. The van der Waals surface area contributed by atoms with Crippen LogP contribution in [0.5, 0.6) is 0 Å². The average Bonchev–Trinajstić information content (AvgIpc) is 3.38. The van der Waals surface area contributed by atoms with Gasteiger partial charge in [-0.05, 0) is 58.2 Å².